The Balaban J connectivity index is 1.57. The summed E-state index contributed by atoms with van der Waals surface area (Å²) in [6.45, 7) is 5.96. The van der Waals surface area contributed by atoms with Crippen molar-refractivity contribution >= 4 is 15.8 Å². The van der Waals surface area contributed by atoms with Gasteiger partial charge in [-0.3, -0.25) is 0 Å². The van der Waals surface area contributed by atoms with Crippen molar-refractivity contribution in [3.63, 3.8) is 0 Å². The summed E-state index contributed by atoms with van der Waals surface area (Å²) in [6, 6.07) is 34.3. The Morgan fingerprint density at radius 1 is 0.818 bits per heavy atom. The van der Waals surface area contributed by atoms with Crippen molar-refractivity contribution in [2.75, 3.05) is 0 Å². The molecule has 6 nitrogen and oxygen atoms in total. The van der Waals surface area contributed by atoms with Crippen LogP contribution in [0.1, 0.15) is 54.5 Å². The zero-order valence-corrected chi connectivity index (χ0v) is 25.8. The maximum Gasteiger partial charge on any atom is 0.339 e. The molecule has 224 valence electrons. The fourth-order valence-electron chi connectivity index (χ4n) is 6.03. The second kappa shape index (κ2) is 12.1. The van der Waals surface area contributed by atoms with Gasteiger partial charge in [0.05, 0.1) is 27.9 Å². The van der Waals surface area contributed by atoms with Gasteiger partial charge in [0.2, 0.25) is 0 Å². The number of carbonyl (C=O) groups excluding carboxylic acids is 1. The number of carbonyl (C=O) groups is 1. The highest BCUT2D eigenvalue weighted by Gasteiger charge is 2.52. The van der Waals surface area contributed by atoms with E-state index in [1.807, 2.05) is 93.6 Å². The Morgan fingerprint density at radius 2 is 1.36 bits per heavy atom. The van der Waals surface area contributed by atoms with E-state index in [1.54, 1.807) is 18.2 Å². The summed E-state index contributed by atoms with van der Waals surface area (Å²) in [4.78, 5) is 14.0. The molecule has 7 heteroatoms. The molecule has 1 N–H and O–H groups in total. The van der Waals surface area contributed by atoms with Crippen LogP contribution in [0.2, 0.25) is 0 Å². The molecule has 0 spiro atoms. The minimum Gasteiger partial charge on any atom is -0.507 e. The number of hydrogen-bond acceptors (Lipinski definition) is 6. The van der Waals surface area contributed by atoms with E-state index in [9.17, 15) is 18.3 Å². The number of aliphatic hydroxyl groups excluding tert-OH is 1. The standard InChI is InChI=1S/C37H35NO5S/c1-36(2,3)33(30-16-10-15-29(21-30)25-44(41,42)31-19-17-28(24-38)18-20-31)32-34(39)37(43-35(32)40,22-26-11-6-4-7-12-26)23-27-13-8-5-9-14-27/h4-21,33,39H,22-23,25H2,1-3H3. The normalized spacial score (nSPS) is 15.5. The van der Waals surface area contributed by atoms with Gasteiger partial charge in [-0.05, 0) is 51.9 Å². The first kappa shape index (κ1) is 30.8. The van der Waals surface area contributed by atoms with E-state index >= 15 is 0 Å². The lowest BCUT2D eigenvalue weighted by atomic mass is 9.71. The molecule has 44 heavy (non-hydrogen) atoms. The van der Waals surface area contributed by atoms with Crippen LogP contribution >= 0.6 is 0 Å². The van der Waals surface area contributed by atoms with Crippen LogP contribution in [-0.4, -0.2) is 25.1 Å². The van der Waals surface area contributed by atoms with Crippen LogP contribution in [0.25, 0.3) is 0 Å². The van der Waals surface area contributed by atoms with Gasteiger partial charge in [-0.2, -0.15) is 5.26 Å². The first-order chi connectivity index (χ1) is 20.9. The lowest BCUT2D eigenvalue weighted by Crippen LogP contribution is -2.37. The molecule has 0 saturated heterocycles. The number of benzene rings is 4. The Labute approximate surface area is 259 Å². The molecule has 1 aliphatic rings. The summed E-state index contributed by atoms with van der Waals surface area (Å²) in [6.07, 6.45) is 0.590. The van der Waals surface area contributed by atoms with Gasteiger partial charge < -0.3 is 9.84 Å². The topological polar surface area (TPSA) is 104 Å². The van der Waals surface area contributed by atoms with Gasteiger partial charge in [-0.25, -0.2) is 13.2 Å². The van der Waals surface area contributed by atoms with Crippen LogP contribution in [0.4, 0.5) is 0 Å². The molecule has 1 unspecified atom stereocenters. The molecule has 5 rings (SSSR count). The fraction of sp³-hybridized carbons (Fsp3) is 0.243. The highest BCUT2D eigenvalue weighted by atomic mass is 32.2. The van der Waals surface area contributed by atoms with Gasteiger partial charge >= 0.3 is 5.97 Å². The van der Waals surface area contributed by atoms with E-state index in [-0.39, 0.29) is 22.0 Å². The highest BCUT2D eigenvalue weighted by Crippen LogP contribution is 2.49. The van der Waals surface area contributed by atoms with Gasteiger partial charge in [-0.15, -0.1) is 0 Å². The third kappa shape index (κ3) is 6.46. The van der Waals surface area contributed by atoms with Crippen LogP contribution in [0.15, 0.2) is 125 Å². The number of cyclic esters (lactones) is 1. The summed E-state index contributed by atoms with van der Waals surface area (Å²) >= 11 is 0. The molecular weight excluding hydrogens is 570 g/mol. The molecule has 0 aliphatic carbocycles. The number of aliphatic hydroxyl groups is 1. The zero-order chi connectivity index (χ0) is 31.5. The van der Waals surface area contributed by atoms with Crippen LogP contribution in [-0.2, 0) is 38.0 Å². The Kier molecular flexibility index (Phi) is 8.49. The molecule has 0 bridgehead atoms. The van der Waals surface area contributed by atoms with Crippen LogP contribution in [0.3, 0.4) is 0 Å². The first-order valence-corrected chi connectivity index (χ1v) is 16.1. The minimum absolute atomic E-state index is 0.0919. The van der Waals surface area contributed by atoms with Crippen LogP contribution < -0.4 is 0 Å². The number of rotatable bonds is 9. The quantitative estimate of drug-likeness (QED) is 0.202. The van der Waals surface area contributed by atoms with Crippen molar-refractivity contribution in [2.45, 2.75) is 55.8 Å². The third-order valence-electron chi connectivity index (χ3n) is 8.00. The molecule has 1 atom stereocenters. The summed E-state index contributed by atoms with van der Waals surface area (Å²) in [5.41, 5.74) is 1.84. The van der Waals surface area contributed by atoms with Crippen molar-refractivity contribution in [2.24, 2.45) is 5.41 Å². The monoisotopic (exact) mass is 605 g/mol. The predicted octanol–water partition coefficient (Wildman–Crippen LogP) is 7.25. The predicted molar refractivity (Wildman–Crippen MR) is 169 cm³/mol. The molecule has 4 aromatic carbocycles. The second-order valence-corrected chi connectivity index (χ2v) is 14.4. The second-order valence-electron chi connectivity index (χ2n) is 12.4. The summed E-state index contributed by atoms with van der Waals surface area (Å²) in [7, 11) is -3.71. The Morgan fingerprint density at radius 3 is 1.89 bits per heavy atom. The number of esters is 1. The summed E-state index contributed by atoms with van der Waals surface area (Å²) in [5, 5.41) is 21.1. The zero-order valence-electron chi connectivity index (χ0n) is 25.0. The minimum atomic E-state index is -3.71. The van der Waals surface area contributed by atoms with Gasteiger partial charge in [0.15, 0.2) is 15.4 Å². The lowest BCUT2D eigenvalue weighted by Gasteiger charge is -2.32. The molecule has 0 aromatic heterocycles. The smallest absolute Gasteiger partial charge is 0.339 e. The van der Waals surface area contributed by atoms with E-state index < -0.39 is 32.7 Å². The van der Waals surface area contributed by atoms with Crippen LogP contribution in [0.5, 0.6) is 0 Å². The molecular formula is C37H35NO5S. The van der Waals surface area contributed by atoms with E-state index in [0.717, 1.165) is 11.1 Å². The average Bonchev–Trinajstić information content (AvgIpc) is 3.21. The first-order valence-electron chi connectivity index (χ1n) is 14.5. The number of ether oxygens (including phenoxy) is 1. The van der Waals surface area contributed by atoms with E-state index in [1.165, 1.54) is 24.3 Å². The number of hydrogen-bond donors (Lipinski definition) is 1. The Hall–Kier alpha value is -4.67. The molecule has 4 aromatic rings. The summed E-state index contributed by atoms with van der Waals surface area (Å²) < 4.78 is 32.7. The average molecular weight is 606 g/mol. The lowest BCUT2D eigenvalue weighted by molar-refractivity contribution is -0.148. The van der Waals surface area contributed by atoms with Gasteiger partial charge in [0.1, 0.15) is 5.76 Å². The van der Waals surface area contributed by atoms with Crippen molar-refractivity contribution in [1.82, 2.24) is 0 Å². The Bertz CT molecular complexity index is 1790. The SMILES string of the molecule is CC(C)(C)C(C1=C(O)C(Cc2ccccc2)(Cc2ccccc2)OC1=O)c1cccc(CS(=O)(=O)c2ccc(C#N)cc2)c1. The molecule has 0 fully saturated rings. The summed E-state index contributed by atoms with van der Waals surface area (Å²) in [5.74, 6) is -1.51. The largest absolute Gasteiger partial charge is 0.507 e. The van der Waals surface area contributed by atoms with Crippen molar-refractivity contribution in [1.29, 1.82) is 5.26 Å². The molecule has 0 saturated carbocycles. The van der Waals surface area contributed by atoms with Crippen LogP contribution in [0, 0.1) is 16.7 Å². The van der Waals surface area contributed by atoms with E-state index in [4.69, 9.17) is 10.00 Å². The molecule has 1 aliphatic heterocycles. The van der Waals surface area contributed by atoms with Crippen molar-refractivity contribution in [3.8, 4) is 6.07 Å². The van der Waals surface area contributed by atoms with Gasteiger partial charge in [0.25, 0.3) is 0 Å². The maximum absolute atomic E-state index is 13.8. The highest BCUT2D eigenvalue weighted by molar-refractivity contribution is 7.90. The fourth-order valence-corrected chi connectivity index (χ4v) is 7.37. The molecule has 0 amide bonds. The van der Waals surface area contributed by atoms with Gasteiger partial charge in [0, 0.05) is 18.8 Å². The number of nitrogens with zero attached hydrogens (tertiary/aromatic N) is 1. The van der Waals surface area contributed by atoms with Gasteiger partial charge in [-0.1, -0.05) is 106 Å². The number of nitriles is 1. The van der Waals surface area contributed by atoms with E-state index in [2.05, 4.69) is 0 Å². The third-order valence-corrected chi connectivity index (χ3v) is 9.70. The van der Waals surface area contributed by atoms with Crippen molar-refractivity contribution in [3.05, 3.63) is 148 Å². The molecule has 1 heterocycles. The van der Waals surface area contributed by atoms with Crippen molar-refractivity contribution < 1.29 is 23.1 Å². The van der Waals surface area contributed by atoms with E-state index in [0.29, 0.717) is 29.5 Å². The maximum atomic E-state index is 13.8. The number of sulfone groups is 1. The molecule has 0 radical (unpaired) electrons.